The van der Waals surface area contributed by atoms with E-state index >= 15 is 0 Å². The topological polar surface area (TPSA) is 39.2 Å². The molecule has 0 N–H and O–H groups in total. The summed E-state index contributed by atoms with van der Waals surface area (Å²) in [6.45, 7) is 9.14. The number of pyridine rings is 1. The molecule has 4 heteroatoms. The van der Waals surface area contributed by atoms with Crippen LogP contribution in [-0.4, -0.2) is 35.9 Å². The zero-order valence-electron chi connectivity index (χ0n) is 17.2. The molecule has 3 nitrogen and oxygen atoms in total. The summed E-state index contributed by atoms with van der Waals surface area (Å²) in [5, 5.41) is 0. The molecule has 1 heterocycles. The monoisotopic (exact) mass is 467 g/mol. The second-order valence-electron chi connectivity index (χ2n) is 7.14. The number of hydrogen-bond donors (Lipinski definition) is 0. The molecule has 0 radical (unpaired) electrons. The van der Waals surface area contributed by atoms with E-state index < -0.39 is 18.4 Å². The van der Waals surface area contributed by atoms with Crippen molar-refractivity contribution in [2.75, 3.05) is 6.61 Å². The Balaban J connectivity index is 3.27. The molecule has 1 rings (SSSR count). The molecule has 0 saturated heterocycles. The Morgan fingerprint density at radius 2 is 1.62 bits per heavy atom. The third-order valence-corrected chi connectivity index (χ3v) is 20.9. The average Bonchev–Trinajstić information content (AvgIpc) is 2.67. The molecular weight excluding hydrogens is 429 g/mol. The number of ether oxygens (including phenoxy) is 1. The maximum atomic E-state index is 11.8. The predicted octanol–water partition coefficient (Wildman–Crippen LogP) is 5.71. The van der Waals surface area contributed by atoms with Gasteiger partial charge in [-0.25, -0.2) is 0 Å². The van der Waals surface area contributed by atoms with Gasteiger partial charge >= 0.3 is 165 Å². The van der Waals surface area contributed by atoms with Crippen LogP contribution in [0.15, 0.2) is 24.5 Å². The normalized spacial score (nSPS) is 11.8. The molecule has 0 aromatic carbocycles. The van der Waals surface area contributed by atoms with Gasteiger partial charge in [0.25, 0.3) is 0 Å². The Kier molecular flexibility index (Phi) is 11.9. The van der Waals surface area contributed by atoms with Crippen LogP contribution in [0.4, 0.5) is 0 Å². The number of hydrogen-bond acceptors (Lipinski definition) is 3. The molecule has 0 aliphatic carbocycles. The molecule has 0 spiro atoms. The van der Waals surface area contributed by atoms with Gasteiger partial charge in [-0.2, -0.15) is 0 Å². The second kappa shape index (κ2) is 13.3. The van der Waals surface area contributed by atoms with Gasteiger partial charge in [0.2, 0.25) is 0 Å². The van der Waals surface area contributed by atoms with E-state index in [0.717, 1.165) is 5.56 Å². The third kappa shape index (κ3) is 7.42. The molecule has 0 fully saturated rings. The van der Waals surface area contributed by atoms with Crippen molar-refractivity contribution in [3.63, 3.8) is 0 Å². The first-order valence-electron chi connectivity index (χ1n) is 10.4. The number of carbonyl (C=O) groups is 1. The fourth-order valence-corrected chi connectivity index (χ4v) is 20.4. The molecule has 0 amide bonds. The number of aromatic nitrogens is 1. The van der Waals surface area contributed by atoms with Crippen LogP contribution in [0.1, 0.15) is 71.8 Å². The fourth-order valence-electron chi connectivity index (χ4n) is 3.70. The van der Waals surface area contributed by atoms with E-state index in [1.807, 2.05) is 25.4 Å². The van der Waals surface area contributed by atoms with Gasteiger partial charge in [-0.15, -0.1) is 0 Å². The van der Waals surface area contributed by atoms with Gasteiger partial charge in [0, 0.05) is 0 Å². The summed E-state index contributed by atoms with van der Waals surface area (Å²) in [4.78, 5) is 16.1. The second-order valence-corrected chi connectivity index (χ2v) is 20.3. The molecule has 0 bridgehead atoms. The van der Waals surface area contributed by atoms with E-state index in [2.05, 4.69) is 31.8 Å². The number of rotatable bonds is 13. The van der Waals surface area contributed by atoms with Gasteiger partial charge in [0.1, 0.15) is 0 Å². The van der Waals surface area contributed by atoms with Crippen molar-refractivity contribution in [1.82, 2.24) is 4.98 Å². The molecule has 146 valence electrons. The van der Waals surface area contributed by atoms with E-state index in [9.17, 15) is 4.79 Å². The molecule has 26 heavy (non-hydrogen) atoms. The molecule has 0 unspecified atom stereocenters. The summed E-state index contributed by atoms with van der Waals surface area (Å²) in [5.74, 6) is -0.265. The van der Waals surface area contributed by atoms with Crippen LogP contribution in [0.3, 0.4) is 0 Å². The Morgan fingerprint density at radius 1 is 1.04 bits per heavy atom. The fraction of sp³-hybridized carbons (Fsp3) is 0.636. The van der Waals surface area contributed by atoms with Crippen molar-refractivity contribution < 1.29 is 9.53 Å². The quantitative estimate of drug-likeness (QED) is 0.212. The van der Waals surface area contributed by atoms with Gasteiger partial charge in [-0.3, -0.25) is 0 Å². The van der Waals surface area contributed by atoms with E-state index in [0.29, 0.717) is 6.61 Å². The van der Waals surface area contributed by atoms with Gasteiger partial charge in [0.05, 0.1) is 0 Å². The summed E-state index contributed by atoms with van der Waals surface area (Å²) >= 11 is -2.53. The van der Waals surface area contributed by atoms with Gasteiger partial charge in [-0.1, -0.05) is 0 Å². The summed E-state index contributed by atoms with van der Waals surface area (Å²) in [7, 11) is 0. The third-order valence-electron chi connectivity index (χ3n) is 5.14. The number of carbonyl (C=O) groups excluding carboxylic acids is 1. The van der Waals surface area contributed by atoms with Crippen molar-refractivity contribution >= 4 is 34.0 Å². The van der Waals surface area contributed by atoms with E-state index in [-0.39, 0.29) is 5.97 Å². The predicted molar refractivity (Wildman–Crippen MR) is 114 cm³/mol. The van der Waals surface area contributed by atoms with E-state index in [1.165, 1.54) is 51.8 Å². The SMILES string of the molecule is CCC[CH2][Sn]([CH2]CCC)([CH2]CCC)[c]1ccncc1/C=C/C(=O)OCC. The van der Waals surface area contributed by atoms with E-state index in [4.69, 9.17) is 4.74 Å². The molecular formula is C22H37NO2Sn. The zero-order valence-corrected chi connectivity index (χ0v) is 20.1. The van der Waals surface area contributed by atoms with Crippen LogP contribution in [0.5, 0.6) is 0 Å². The van der Waals surface area contributed by atoms with Crippen molar-refractivity contribution in [2.45, 2.75) is 79.5 Å². The number of unbranched alkanes of at least 4 members (excludes halogenated alkanes) is 3. The van der Waals surface area contributed by atoms with Gasteiger partial charge < -0.3 is 0 Å². The molecule has 0 aliphatic rings. The molecule has 0 atom stereocenters. The van der Waals surface area contributed by atoms with Crippen molar-refractivity contribution in [1.29, 1.82) is 0 Å². The van der Waals surface area contributed by atoms with E-state index in [1.54, 1.807) is 9.66 Å². The van der Waals surface area contributed by atoms with Crippen molar-refractivity contribution in [3.05, 3.63) is 30.1 Å². The molecule has 0 aliphatic heterocycles. The van der Waals surface area contributed by atoms with Crippen LogP contribution < -0.4 is 3.58 Å². The van der Waals surface area contributed by atoms with Crippen LogP contribution >= 0.6 is 0 Å². The first-order valence-corrected chi connectivity index (χ1v) is 17.9. The standard InChI is InChI=1S/C10H10NO2.3C4H9.Sn/c1-2-13-10(12)6-5-9-4-3-7-11-8-9;3*1-3-4-2;/h3,5-8H,2H2,1H3;3*1,3-4H2,2H3;/b6-5+;;;;. The molecule has 0 saturated carbocycles. The number of esters is 1. The Labute approximate surface area is 164 Å². The van der Waals surface area contributed by atoms with Crippen LogP contribution in [-0.2, 0) is 9.53 Å². The Hall–Kier alpha value is -0.841. The average molecular weight is 466 g/mol. The van der Waals surface area contributed by atoms with Crippen molar-refractivity contribution in [2.24, 2.45) is 0 Å². The zero-order chi connectivity index (χ0) is 19.3. The van der Waals surface area contributed by atoms with Gasteiger partial charge in [-0.05, 0) is 0 Å². The summed E-state index contributed by atoms with van der Waals surface area (Å²) in [6.07, 6.45) is 15.2. The Bertz CT molecular complexity index is 535. The molecule has 1 aromatic rings. The van der Waals surface area contributed by atoms with Crippen LogP contribution in [0.2, 0.25) is 13.3 Å². The molecule has 1 aromatic heterocycles. The minimum absolute atomic E-state index is 0.265. The van der Waals surface area contributed by atoms with Crippen LogP contribution in [0, 0.1) is 0 Å². The number of nitrogens with zero attached hydrogens (tertiary/aromatic N) is 1. The maximum absolute atomic E-state index is 11.8. The summed E-state index contributed by atoms with van der Waals surface area (Å²) in [6, 6.07) is 2.27. The van der Waals surface area contributed by atoms with Gasteiger partial charge in [0.15, 0.2) is 0 Å². The summed E-state index contributed by atoms with van der Waals surface area (Å²) in [5.41, 5.74) is 1.15. The first kappa shape index (κ1) is 23.2. The summed E-state index contributed by atoms with van der Waals surface area (Å²) < 4.78 is 10.9. The van der Waals surface area contributed by atoms with Crippen LogP contribution in [0.25, 0.3) is 6.08 Å². The Morgan fingerprint density at radius 3 is 2.12 bits per heavy atom. The van der Waals surface area contributed by atoms with Crippen molar-refractivity contribution in [3.8, 4) is 0 Å². The minimum atomic E-state index is -2.53. The first-order chi connectivity index (χ1) is 12.6.